The summed E-state index contributed by atoms with van der Waals surface area (Å²) in [4.78, 5) is 4.83. The average molecular weight is 236 g/mol. The van der Waals surface area contributed by atoms with Gasteiger partial charge in [0.25, 0.3) is 0 Å². The number of hydrogen-bond donors (Lipinski definition) is 0. The molecule has 2 heteroatoms. The van der Waals surface area contributed by atoms with E-state index in [0.717, 1.165) is 6.54 Å². The standard InChI is InChI=1S/C15H28N2/c1-7-15(3,4)17-13(2)9-8-10-14(17)11-12-16(5)6/h1,13-14H,8-12H2,2-6H3. The third-order valence-corrected chi connectivity index (χ3v) is 3.94. The fourth-order valence-electron chi connectivity index (χ4n) is 3.06. The molecule has 0 amide bonds. The maximum absolute atomic E-state index is 5.72. The van der Waals surface area contributed by atoms with Crippen molar-refractivity contribution in [2.75, 3.05) is 20.6 Å². The zero-order valence-electron chi connectivity index (χ0n) is 12.2. The van der Waals surface area contributed by atoms with Crippen molar-refractivity contribution in [2.45, 2.75) is 64.1 Å². The molecule has 17 heavy (non-hydrogen) atoms. The van der Waals surface area contributed by atoms with Crippen LogP contribution in [0.3, 0.4) is 0 Å². The molecule has 0 aromatic heterocycles. The first kappa shape index (κ1) is 14.5. The Kier molecular flexibility index (Phi) is 5.04. The first-order valence-electron chi connectivity index (χ1n) is 6.79. The van der Waals surface area contributed by atoms with E-state index in [0.29, 0.717) is 12.1 Å². The van der Waals surface area contributed by atoms with Crippen molar-refractivity contribution in [1.82, 2.24) is 9.80 Å². The SMILES string of the molecule is C#CC(C)(C)N1C(C)CCCC1CCN(C)C. The summed E-state index contributed by atoms with van der Waals surface area (Å²) in [6, 6.07) is 1.26. The summed E-state index contributed by atoms with van der Waals surface area (Å²) < 4.78 is 0. The number of hydrogen-bond acceptors (Lipinski definition) is 2. The summed E-state index contributed by atoms with van der Waals surface area (Å²) in [6.45, 7) is 7.82. The smallest absolute Gasteiger partial charge is 0.0770 e. The quantitative estimate of drug-likeness (QED) is 0.692. The Hall–Kier alpha value is -0.520. The molecular formula is C15H28N2. The maximum atomic E-state index is 5.72. The van der Waals surface area contributed by atoms with Crippen LogP contribution in [0.5, 0.6) is 0 Å². The second-order valence-electron chi connectivity index (χ2n) is 6.14. The van der Waals surface area contributed by atoms with Crippen LogP contribution in [0.15, 0.2) is 0 Å². The molecule has 0 aromatic rings. The Bertz CT molecular complexity index is 275. The van der Waals surface area contributed by atoms with Crippen LogP contribution in [0.1, 0.15) is 46.5 Å². The topological polar surface area (TPSA) is 6.48 Å². The summed E-state index contributed by atoms with van der Waals surface area (Å²) in [6.07, 6.45) is 10.9. The van der Waals surface area contributed by atoms with Crippen molar-refractivity contribution in [3.05, 3.63) is 0 Å². The van der Waals surface area contributed by atoms with Crippen molar-refractivity contribution >= 4 is 0 Å². The fourth-order valence-corrected chi connectivity index (χ4v) is 3.06. The molecule has 0 spiro atoms. The largest absolute Gasteiger partial charge is 0.309 e. The summed E-state index contributed by atoms with van der Waals surface area (Å²) in [5.41, 5.74) is -0.114. The molecule has 1 heterocycles. The van der Waals surface area contributed by atoms with Gasteiger partial charge in [-0.05, 0) is 60.7 Å². The van der Waals surface area contributed by atoms with Crippen LogP contribution in [0.25, 0.3) is 0 Å². The molecule has 0 aliphatic carbocycles. The Morgan fingerprint density at radius 1 is 1.35 bits per heavy atom. The van der Waals surface area contributed by atoms with Gasteiger partial charge in [-0.3, -0.25) is 4.90 Å². The van der Waals surface area contributed by atoms with E-state index in [1.54, 1.807) is 0 Å². The molecule has 2 unspecified atom stereocenters. The predicted molar refractivity (Wildman–Crippen MR) is 75.0 cm³/mol. The Morgan fingerprint density at radius 3 is 2.53 bits per heavy atom. The number of piperidine rings is 1. The minimum Gasteiger partial charge on any atom is -0.309 e. The van der Waals surface area contributed by atoms with E-state index in [9.17, 15) is 0 Å². The highest BCUT2D eigenvalue weighted by molar-refractivity contribution is 5.11. The molecular weight excluding hydrogens is 208 g/mol. The Morgan fingerprint density at radius 2 is 2.00 bits per heavy atom. The van der Waals surface area contributed by atoms with Crippen molar-refractivity contribution in [2.24, 2.45) is 0 Å². The minimum atomic E-state index is -0.114. The van der Waals surface area contributed by atoms with Gasteiger partial charge in [0.1, 0.15) is 0 Å². The highest BCUT2D eigenvalue weighted by Gasteiger charge is 2.36. The molecule has 1 aliphatic rings. The van der Waals surface area contributed by atoms with Gasteiger partial charge in [0.2, 0.25) is 0 Å². The van der Waals surface area contributed by atoms with Gasteiger partial charge in [-0.1, -0.05) is 12.3 Å². The number of nitrogens with zero attached hydrogens (tertiary/aromatic N) is 2. The Labute approximate surface area is 107 Å². The normalized spacial score (nSPS) is 27.1. The third-order valence-electron chi connectivity index (χ3n) is 3.94. The van der Waals surface area contributed by atoms with Crippen LogP contribution in [0, 0.1) is 12.3 Å². The van der Waals surface area contributed by atoms with Crippen molar-refractivity contribution in [3.63, 3.8) is 0 Å². The van der Waals surface area contributed by atoms with Gasteiger partial charge < -0.3 is 4.90 Å². The van der Waals surface area contributed by atoms with Gasteiger partial charge in [0.15, 0.2) is 0 Å². The van der Waals surface area contributed by atoms with Crippen LogP contribution in [0.2, 0.25) is 0 Å². The van der Waals surface area contributed by atoms with E-state index >= 15 is 0 Å². The molecule has 2 nitrogen and oxygen atoms in total. The second-order valence-corrected chi connectivity index (χ2v) is 6.14. The monoisotopic (exact) mass is 236 g/mol. The van der Waals surface area contributed by atoms with Crippen LogP contribution in [0.4, 0.5) is 0 Å². The summed E-state index contributed by atoms with van der Waals surface area (Å²) in [5.74, 6) is 2.97. The van der Waals surface area contributed by atoms with Crippen LogP contribution >= 0.6 is 0 Å². The van der Waals surface area contributed by atoms with Gasteiger partial charge in [-0.15, -0.1) is 6.42 Å². The fraction of sp³-hybridized carbons (Fsp3) is 0.867. The first-order chi connectivity index (χ1) is 7.88. The number of likely N-dealkylation sites (tertiary alicyclic amines) is 1. The van der Waals surface area contributed by atoms with E-state index in [2.05, 4.69) is 50.6 Å². The molecule has 0 N–H and O–H groups in total. The molecule has 2 atom stereocenters. The molecule has 0 aromatic carbocycles. The Balaban J connectivity index is 2.75. The molecule has 0 saturated carbocycles. The molecule has 0 bridgehead atoms. The number of rotatable bonds is 4. The van der Waals surface area contributed by atoms with E-state index in [1.807, 2.05) is 0 Å². The maximum Gasteiger partial charge on any atom is 0.0770 e. The zero-order valence-corrected chi connectivity index (χ0v) is 12.2. The molecule has 1 saturated heterocycles. The van der Waals surface area contributed by atoms with Gasteiger partial charge in [-0.2, -0.15) is 0 Å². The third kappa shape index (κ3) is 3.72. The average Bonchev–Trinajstić information content (AvgIpc) is 2.26. The van der Waals surface area contributed by atoms with Crippen LogP contribution in [-0.2, 0) is 0 Å². The molecule has 1 rings (SSSR count). The first-order valence-corrected chi connectivity index (χ1v) is 6.79. The molecule has 0 radical (unpaired) electrons. The highest BCUT2D eigenvalue weighted by Crippen LogP contribution is 2.31. The van der Waals surface area contributed by atoms with Gasteiger partial charge in [0, 0.05) is 12.1 Å². The molecule has 98 valence electrons. The second kappa shape index (κ2) is 5.89. The lowest BCUT2D eigenvalue weighted by Gasteiger charge is -2.48. The lowest BCUT2D eigenvalue weighted by Crippen LogP contribution is -2.56. The van der Waals surface area contributed by atoms with E-state index < -0.39 is 0 Å². The summed E-state index contributed by atoms with van der Waals surface area (Å²) in [7, 11) is 4.28. The van der Waals surface area contributed by atoms with E-state index in [-0.39, 0.29) is 5.54 Å². The van der Waals surface area contributed by atoms with Crippen LogP contribution in [-0.4, -0.2) is 48.1 Å². The number of terminal acetylenes is 1. The van der Waals surface area contributed by atoms with Crippen molar-refractivity contribution in [3.8, 4) is 12.3 Å². The summed E-state index contributed by atoms with van der Waals surface area (Å²) in [5, 5.41) is 0. The zero-order chi connectivity index (χ0) is 13.1. The van der Waals surface area contributed by atoms with Crippen molar-refractivity contribution < 1.29 is 0 Å². The lowest BCUT2D eigenvalue weighted by atomic mass is 9.88. The van der Waals surface area contributed by atoms with E-state index in [4.69, 9.17) is 6.42 Å². The van der Waals surface area contributed by atoms with Gasteiger partial charge in [0.05, 0.1) is 5.54 Å². The van der Waals surface area contributed by atoms with Crippen molar-refractivity contribution in [1.29, 1.82) is 0 Å². The predicted octanol–water partition coefficient (Wildman–Crippen LogP) is 2.59. The van der Waals surface area contributed by atoms with Gasteiger partial charge in [-0.25, -0.2) is 0 Å². The highest BCUT2D eigenvalue weighted by atomic mass is 15.2. The van der Waals surface area contributed by atoms with Crippen LogP contribution < -0.4 is 0 Å². The van der Waals surface area contributed by atoms with Gasteiger partial charge >= 0.3 is 0 Å². The summed E-state index contributed by atoms with van der Waals surface area (Å²) >= 11 is 0. The molecule has 1 fully saturated rings. The van der Waals surface area contributed by atoms with E-state index in [1.165, 1.54) is 25.7 Å². The minimum absolute atomic E-state index is 0.114. The lowest BCUT2D eigenvalue weighted by molar-refractivity contribution is 0.0214. The molecule has 1 aliphatic heterocycles.